The van der Waals surface area contributed by atoms with Crippen LogP contribution in [0, 0.1) is 0 Å². The van der Waals surface area contributed by atoms with E-state index in [2.05, 4.69) is 216 Å². The molecule has 63 heavy (non-hydrogen) atoms. The Kier molecular flexibility index (Phi) is 9.67. The molecular weight excluding hydrogens is 765 g/mol. The zero-order valence-electron chi connectivity index (χ0n) is 35.0. The van der Waals surface area contributed by atoms with Crippen molar-refractivity contribution < 1.29 is 0 Å². The molecule has 300 valence electrons. The van der Waals surface area contributed by atoms with Crippen LogP contribution in [-0.4, -0.2) is 23.3 Å². The molecule has 10 aromatic rings. The van der Waals surface area contributed by atoms with E-state index in [1.54, 1.807) is 0 Å². The van der Waals surface area contributed by atoms with Crippen molar-refractivity contribution in [1.82, 2.24) is 9.88 Å². The Morgan fingerprint density at radius 3 is 1.65 bits per heavy atom. The highest BCUT2D eigenvalue weighted by molar-refractivity contribution is 6.15. The summed E-state index contributed by atoms with van der Waals surface area (Å²) < 4.78 is 2.51. The Morgan fingerprint density at radius 1 is 0.476 bits per heavy atom. The normalized spacial score (nSPS) is 13.2. The van der Waals surface area contributed by atoms with Crippen LogP contribution >= 0.6 is 0 Å². The number of aromatic nitrogens is 1. The average Bonchev–Trinajstić information content (AvgIpc) is 3.70. The average molecular weight is 809 g/mol. The fourth-order valence-corrected chi connectivity index (χ4v) is 9.68. The summed E-state index contributed by atoms with van der Waals surface area (Å²) in [6, 6.07) is 83.1. The molecule has 0 saturated carbocycles. The molecule has 9 aromatic carbocycles. The predicted molar refractivity (Wildman–Crippen MR) is 262 cm³/mol. The predicted octanol–water partition coefficient (Wildman–Crippen LogP) is 13.4. The summed E-state index contributed by atoms with van der Waals surface area (Å²) in [7, 11) is 1.93. The number of rotatable bonds is 8. The third kappa shape index (κ3) is 6.55. The van der Waals surface area contributed by atoms with Crippen molar-refractivity contribution in [2.45, 2.75) is 12.0 Å². The van der Waals surface area contributed by atoms with E-state index in [0.29, 0.717) is 12.4 Å². The summed E-state index contributed by atoms with van der Waals surface area (Å²) in [5.41, 5.74) is 15.3. The molecule has 1 aromatic heterocycles. The van der Waals surface area contributed by atoms with Crippen molar-refractivity contribution in [3.63, 3.8) is 0 Å². The summed E-state index contributed by atoms with van der Waals surface area (Å²) in [5.74, 6) is 1.41. The first-order valence-corrected chi connectivity index (χ1v) is 21.6. The topological polar surface area (TPSA) is 41.7 Å². The molecule has 4 heteroatoms. The minimum Gasteiger partial charge on any atom is -0.373 e. The van der Waals surface area contributed by atoms with Crippen LogP contribution in [-0.2, 0) is 12.0 Å². The standard InChI is InChI=1S/C59H44N4/c1-60-57(44-26-14-5-15-27-44)62-58(61-40-41-20-8-2-9-21-41)46-33-35-55-52(38-46)59(48-28-16-6-17-29-48,49-30-18-7-19-31-49)53-39-47(43-24-12-4-13-25-43)37-51-50-36-45(42-22-10-3-11-23-42)32-34-54(50)63(55)56(51)53/h2-39H,40H2,1H3,(H,60,61,62). The van der Waals surface area contributed by atoms with E-state index >= 15 is 0 Å². The number of nitrogens with zero attached hydrogens (tertiary/aromatic N) is 3. The third-order valence-electron chi connectivity index (χ3n) is 12.5. The number of aliphatic imine (C=N–C) groups is 2. The molecule has 0 aliphatic carbocycles. The zero-order chi connectivity index (χ0) is 42.2. The molecular formula is C59H44N4. The lowest BCUT2D eigenvalue weighted by molar-refractivity contribution is 0.727. The van der Waals surface area contributed by atoms with Gasteiger partial charge in [-0.2, -0.15) is 0 Å². The molecule has 1 aliphatic heterocycles. The molecule has 0 unspecified atom stereocenters. The maximum absolute atomic E-state index is 5.36. The second-order valence-electron chi connectivity index (χ2n) is 16.1. The fraction of sp³-hybridized carbons (Fsp3) is 0.0508. The van der Waals surface area contributed by atoms with Gasteiger partial charge < -0.3 is 9.88 Å². The first kappa shape index (κ1) is 37.9. The smallest absolute Gasteiger partial charge is 0.157 e. The van der Waals surface area contributed by atoms with Crippen molar-refractivity contribution in [1.29, 1.82) is 0 Å². The molecule has 4 nitrogen and oxygen atoms in total. The number of benzene rings is 9. The molecule has 0 saturated heterocycles. The monoisotopic (exact) mass is 808 g/mol. The minimum absolute atomic E-state index is 0.487. The van der Waals surface area contributed by atoms with E-state index in [4.69, 9.17) is 9.98 Å². The van der Waals surface area contributed by atoms with Gasteiger partial charge in [-0.15, -0.1) is 0 Å². The maximum Gasteiger partial charge on any atom is 0.157 e. The maximum atomic E-state index is 5.36. The summed E-state index contributed by atoms with van der Waals surface area (Å²) in [6.45, 7) is 0.487. The summed E-state index contributed by atoms with van der Waals surface area (Å²) >= 11 is 0. The minimum atomic E-state index is -0.733. The van der Waals surface area contributed by atoms with Crippen LogP contribution in [0.5, 0.6) is 0 Å². The molecule has 1 aliphatic rings. The van der Waals surface area contributed by atoms with E-state index < -0.39 is 5.41 Å². The van der Waals surface area contributed by atoms with Gasteiger partial charge in [0, 0.05) is 28.9 Å². The SMILES string of the molecule is CNC(=NC(=NCc1ccccc1)c1ccc2c(c1)C(c1ccccc1)(c1ccccc1)c1cc(-c3ccccc3)cc3c4cc(-c5ccccc5)ccc4n-2c13)c1ccccc1. The van der Waals surface area contributed by atoms with Gasteiger partial charge >= 0.3 is 0 Å². The quantitative estimate of drug-likeness (QED) is 0.121. The molecule has 0 atom stereocenters. The van der Waals surface area contributed by atoms with Gasteiger partial charge in [0.05, 0.1) is 28.7 Å². The summed E-state index contributed by atoms with van der Waals surface area (Å²) in [4.78, 5) is 10.7. The first-order chi connectivity index (χ1) is 31.2. The van der Waals surface area contributed by atoms with Gasteiger partial charge in [-0.3, -0.25) is 4.99 Å². The van der Waals surface area contributed by atoms with E-state index in [-0.39, 0.29) is 0 Å². The molecule has 0 amide bonds. The van der Waals surface area contributed by atoms with Crippen molar-refractivity contribution in [2.24, 2.45) is 9.98 Å². The van der Waals surface area contributed by atoms with Gasteiger partial charge in [0.1, 0.15) is 5.84 Å². The van der Waals surface area contributed by atoms with E-state index in [9.17, 15) is 0 Å². The largest absolute Gasteiger partial charge is 0.373 e. The van der Waals surface area contributed by atoms with Gasteiger partial charge in [0.15, 0.2) is 5.84 Å². The van der Waals surface area contributed by atoms with Gasteiger partial charge in [-0.1, -0.05) is 188 Å². The van der Waals surface area contributed by atoms with Crippen molar-refractivity contribution in [3.8, 4) is 27.9 Å². The van der Waals surface area contributed by atoms with Gasteiger partial charge in [-0.25, -0.2) is 4.99 Å². The van der Waals surface area contributed by atoms with Crippen molar-refractivity contribution in [2.75, 3.05) is 7.05 Å². The highest BCUT2D eigenvalue weighted by atomic mass is 15.0. The van der Waals surface area contributed by atoms with Crippen LogP contribution in [0.3, 0.4) is 0 Å². The lowest BCUT2D eigenvalue weighted by Crippen LogP contribution is -2.35. The van der Waals surface area contributed by atoms with Gasteiger partial charge in [-0.05, 0) is 92.5 Å². The fourth-order valence-electron chi connectivity index (χ4n) is 9.68. The Bertz CT molecular complexity index is 3260. The van der Waals surface area contributed by atoms with Crippen molar-refractivity contribution in [3.05, 3.63) is 269 Å². The number of fused-ring (bicyclic) bond motifs is 5. The molecule has 11 rings (SSSR count). The molecule has 1 N–H and O–H groups in total. The number of hydrogen-bond acceptors (Lipinski definition) is 1. The Labute approximate surface area is 368 Å². The Morgan fingerprint density at radius 2 is 1.03 bits per heavy atom. The number of hydrogen-bond donors (Lipinski definition) is 1. The zero-order valence-corrected chi connectivity index (χ0v) is 35.0. The van der Waals surface area contributed by atoms with Crippen LogP contribution in [0.25, 0.3) is 49.7 Å². The van der Waals surface area contributed by atoms with Crippen LogP contribution < -0.4 is 5.32 Å². The molecule has 0 radical (unpaired) electrons. The lowest BCUT2D eigenvalue weighted by Gasteiger charge is -2.42. The highest BCUT2D eigenvalue weighted by Crippen LogP contribution is 2.55. The van der Waals surface area contributed by atoms with Crippen LogP contribution in [0.2, 0.25) is 0 Å². The molecule has 0 fully saturated rings. The van der Waals surface area contributed by atoms with Gasteiger partial charge in [0.2, 0.25) is 0 Å². The Balaban J connectivity index is 1.27. The van der Waals surface area contributed by atoms with E-state index in [1.165, 1.54) is 55.2 Å². The number of amidine groups is 2. The van der Waals surface area contributed by atoms with Crippen LogP contribution in [0.4, 0.5) is 0 Å². The number of nitrogens with one attached hydrogen (secondary N) is 1. The summed E-state index contributed by atoms with van der Waals surface area (Å²) in [5, 5.41) is 5.83. The first-order valence-electron chi connectivity index (χ1n) is 21.6. The van der Waals surface area contributed by atoms with Gasteiger partial charge in [0.25, 0.3) is 0 Å². The van der Waals surface area contributed by atoms with Crippen LogP contribution in [0.15, 0.2) is 241 Å². The van der Waals surface area contributed by atoms with Crippen LogP contribution in [0.1, 0.15) is 38.9 Å². The lowest BCUT2D eigenvalue weighted by atomic mass is 9.62. The molecule has 0 bridgehead atoms. The molecule has 0 spiro atoms. The van der Waals surface area contributed by atoms with Crippen molar-refractivity contribution >= 4 is 33.5 Å². The summed E-state index contributed by atoms with van der Waals surface area (Å²) in [6.07, 6.45) is 0. The molecule has 2 heterocycles. The van der Waals surface area contributed by atoms with E-state index in [0.717, 1.165) is 39.3 Å². The highest BCUT2D eigenvalue weighted by Gasteiger charge is 2.46. The third-order valence-corrected chi connectivity index (χ3v) is 12.5. The second kappa shape index (κ2) is 16.1. The van der Waals surface area contributed by atoms with E-state index in [1.807, 2.05) is 31.3 Å². The second-order valence-corrected chi connectivity index (χ2v) is 16.1. The Hall–Kier alpha value is -8.08.